The second-order valence-electron chi connectivity index (χ2n) is 4.83. The summed E-state index contributed by atoms with van der Waals surface area (Å²) in [7, 11) is -3.33. The summed E-state index contributed by atoms with van der Waals surface area (Å²) in [5, 5.41) is 2.56. The Labute approximate surface area is 125 Å². The topological polar surface area (TPSA) is 75.3 Å². The van der Waals surface area contributed by atoms with Crippen molar-refractivity contribution < 1.29 is 17.6 Å². The largest absolute Gasteiger partial charge is 0.355 e. The van der Waals surface area contributed by atoms with E-state index in [2.05, 4.69) is 10.0 Å². The number of carbonyl (C=O) groups excluding carboxylic acids is 1. The van der Waals surface area contributed by atoms with Crippen molar-refractivity contribution in [2.45, 2.75) is 26.2 Å². The first-order valence-corrected chi connectivity index (χ1v) is 8.48. The van der Waals surface area contributed by atoms with Crippen LogP contribution in [-0.4, -0.2) is 33.2 Å². The molecule has 0 unspecified atom stereocenters. The molecule has 5 nitrogen and oxygen atoms in total. The molecule has 1 aromatic carbocycles. The van der Waals surface area contributed by atoms with E-state index < -0.39 is 10.0 Å². The molecule has 0 aliphatic carbocycles. The van der Waals surface area contributed by atoms with Crippen LogP contribution in [-0.2, 0) is 14.8 Å². The second-order valence-corrected chi connectivity index (χ2v) is 6.75. The second kappa shape index (κ2) is 8.09. The minimum absolute atomic E-state index is 0.0596. The summed E-state index contributed by atoms with van der Waals surface area (Å²) < 4.78 is 38.2. The zero-order chi connectivity index (χ0) is 15.9. The fraction of sp³-hybridized carbons (Fsp3) is 0.500. The molecule has 0 aliphatic rings. The van der Waals surface area contributed by atoms with Crippen molar-refractivity contribution in [1.82, 2.24) is 10.0 Å². The van der Waals surface area contributed by atoms with Gasteiger partial charge in [-0.2, -0.15) is 0 Å². The number of halogens is 1. The molecule has 0 aromatic heterocycles. The Morgan fingerprint density at radius 2 is 2.10 bits per heavy atom. The molecule has 1 rings (SSSR count). The molecule has 0 radical (unpaired) electrons. The van der Waals surface area contributed by atoms with Crippen LogP contribution in [0.4, 0.5) is 4.39 Å². The number of hydrogen-bond acceptors (Lipinski definition) is 3. The summed E-state index contributed by atoms with van der Waals surface area (Å²) >= 11 is 0. The van der Waals surface area contributed by atoms with Gasteiger partial charge in [0.05, 0.1) is 5.75 Å². The molecule has 1 atom stereocenters. The van der Waals surface area contributed by atoms with Crippen LogP contribution in [0.5, 0.6) is 0 Å². The summed E-state index contributed by atoms with van der Waals surface area (Å²) in [6, 6.07) is 6.11. The number of sulfonamides is 1. The van der Waals surface area contributed by atoms with Gasteiger partial charge in [0.1, 0.15) is 5.82 Å². The van der Waals surface area contributed by atoms with Crippen molar-refractivity contribution in [3.8, 4) is 0 Å². The number of nitrogens with one attached hydrogen (secondary N) is 2. The Kier molecular flexibility index (Phi) is 6.77. The molecule has 1 aromatic rings. The van der Waals surface area contributed by atoms with E-state index >= 15 is 0 Å². The zero-order valence-corrected chi connectivity index (χ0v) is 13.0. The molecule has 2 N–H and O–H groups in total. The monoisotopic (exact) mass is 316 g/mol. The number of carbonyl (C=O) groups is 1. The standard InChI is InChI=1S/C14H21FN2O3S/c1-3-17-21(19,20)8-7-16-14(18)9-11(2)12-5-4-6-13(15)10-12/h4-6,10-11,17H,3,7-9H2,1-2H3,(H,16,18)/t11-/m0/s1. The maximum absolute atomic E-state index is 13.1. The molecule has 0 aliphatic heterocycles. The van der Waals surface area contributed by atoms with Gasteiger partial charge in [0.25, 0.3) is 0 Å². The SMILES string of the molecule is CCNS(=O)(=O)CCNC(=O)C[C@H](C)c1cccc(F)c1. The van der Waals surface area contributed by atoms with Crippen molar-refractivity contribution in [2.24, 2.45) is 0 Å². The number of hydrogen-bond donors (Lipinski definition) is 2. The van der Waals surface area contributed by atoms with Crippen molar-refractivity contribution in [3.05, 3.63) is 35.6 Å². The van der Waals surface area contributed by atoms with Crippen LogP contribution in [0.25, 0.3) is 0 Å². The fourth-order valence-electron chi connectivity index (χ4n) is 1.90. The molecule has 1 amide bonds. The van der Waals surface area contributed by atoms with Gasteiger partial charge in [0.15, 0.2) is 0 Å². The van der Waals surface area contributed by atoms with Crippen LogP contribution in [0.3, 0.4) is 0 Å². The third-order valence-corrected chi connectivity index (χ3v) is 4.44. The lowest BCUT2D eigenvalue weighted by Crippen LogP contribution is -2.34. The molecule has 0 spiro atoms. The molecule has 0 saturated heterocycles. The number of rotatable bonds is 8. The van der Waals surface area contributed by atoms with Gasteiger partial charge in [-0.1, -0.05) is 26.0 Å². The van der Waals surface area contributed by atoms with Gasteiger partial charge in [-0.25, -0.2) is 17.5 Å². The minimum atomic E-state index is -3.33. The average Bonchev–Trinajstić information content (AvgIpc) is 2.38. The Balaban J connectivity index is 2.40. The molecule has 7 heteroatoms. The van der Waals surface area contributed by atoms with Gasteiger partial charge in [-0.3, -0.25) is 4.79 Å². The first kappa shape index (κ1) is 17.6. The molecular formula is C14H21FN2O3S. The summed E-state index contributed by atoms with van der Waals surface area (Å²) in [5.74, 6) is -0.873. The van der Waals surface area contributed by atoms with Gasteiger partial charge < -0.3 is 5.32 Å². The summed E-state index contributed by atoms with van der Waals surface area (Å²) in [6.07, 6.45) is 0.185. The highest BCUT2D eigenvalue weighted by Gasteiger charge is 2.13. The van der Waals surface area contributed by atoms with Crippen LogP contribution < -0.4 is 10.0 Å². The molecule has 0 heterocycles. The van der Waals surface area contributed by atoms with Crippen LogP contribution in [0.2, 0.25) is 0 Å². The summed E-state index contributed by atoms with van der Waals surface area (Å²) in [4.78, 5) is 11.7. The Morgan fingerprint density at radius 1 is 1.38 bits per heavy atom. The maximum atomic E-state index is 13.1. The predicted octanol–water partition coefficient (Wildman–Crippen LogP) is 1.37. The van der Waals surface area contributed by atoms with E-state index in [-0.39, 0.29) is 36.4 Å². The van der Waals surface area contributed by atoms with Crippen molar-refractivity contribution in [2.75, 3.05) is 18.8 Å². The van der Waals surface area contributed by atoms with Crippen LogP contribution in [0.1, 0.15) is 31.7 Å². The van der Waals surface area contributed by atoms with Gasteiger partial charge in [-0.15, -0.1) is 0 Å². The number of benzene rings is 1. The predicted molar refractivity (Wildman–Crippen MR) is 79.9 cm³/mol. The smallest absolute Gasteiger partial charge is 0.220 e. The Bertz CT molecular complexity index is 575. The van der Waals surface area contributed by atoms with Crippen LogP contribution in [0, 0.1) is 5.82 Å². The third-order valence-electron chi connectivity index (χ3n) is 2.97. The van der Waals surface area contributed by atoms with Crippen LogP contribution in [0.15, 0.2) is 24.3 Å². The van der Waals surface area contributed by atoms with E-state index in [9.17, 15) is 17.6 Å². The van der Waals surface area contributed by atoms with E-state index in [0.717, 1.165) is 5.56 Å². The van der Waals surface area contributed by atoms with E-state index in [1.54, 1.807) is 19.1 Å². The highest BCUT2D eigenvalue weighted by molar-refractivity contribution is 7.89. The normalized spacial score (nSPS) is 12.9. The summed E-state index contributed by atoms with van der Waals surface area (Å²) in [5.41, 5.74) is 0.741. The van der Waals surface area contributed by atoms with E-state index in [4.69, 9.17) is 0 Å². The van der Waals surface area contributed by atoms with E-state index in [1.807, 2.05) is 6.92 Å². The maximum Gasteiger partial charge on any atom is 0.220 e. The molecule has 0 bridgehead atoms. The van der Waals surface area contributed by atoms with Crippen LogP contribution >= 0.6 is 0 Å². The minimum Gasteiger partial charge on any atom is -0.355 e. The van der Waals surface area contributed by atoms with E-state index in [0.29, 0.717) is 6.54 Å². The lowest BCUT2D eigenvalue weighted by molar-refractivity contribution is -0.121. The quantitative estimate of drug-likeness (QED) is 0.761. The van der Waals surface area contributed by atoms with Gasteiger partial charge in [-0.05, 0) is 23.6 Å². The lowest BCUT2D eigenvalue weighted by atomic mass is 9.97. The Morgan fingerprint density at radius 3 is 2.71 bits per heavy atom. The zero-order valence-electron chi connectivity index (χ0n) is 12.2. The highest BCUT2D eigenvalue weighted by Crippen LogP contribution is 2.19. The van der Waals surface area contributed by atoms with Crippen molar-refractivity contribution in [3.63, 3.8) is 0 Å². The molecule has 118 valence electrons. The number of amides is 1. The average molecular weight is 316 g/mol. The molecule has 0 saturated carbocycles. The molecular weight excluding hydrogens is 295 g/mol. The van der Waals surface area contributed by atoms with Crippen molar-refractivity contribution >= 4 is 15.9 Å². The molecule has 21 heavy (non-hydrogen) atoms. The van der Waals surface area contributed by atoms with Crippen molar-refractivity contribution in [1.29, 1.82) is 0 Å². The fourth-order valence-corrected chi connectivity index (χ4v) is 2.85. The Hall–Kier alpha value is -1.47. The van der Waals surface area contributed by atoms with Gasteiger partial charge >= 0.3 is 0 Å². The van der Waals surface area contributed by atoms with E-state index in [1.165, 1.54) is 12.1 Å². The summed E-state index contributed by atoms with van der Waals surface area (Å²) in [6.45, 7) is 3.90. The first-order chi connectivity index (χ1) is 9.84. The first-order valence-electron chi connectivity index (χ1n) is 6.83. The third kappa shape index (κ3) is 6.68. The molecule has 0 fully saturated rings. The van der Waals surface area contributed by atoms with Gasteiger partial charge in [0, 0.05) is 19.5 Å². The lowest BCUT2D eigenvalue weighted by Gasteiger charge is -2.12. The van der Waals surface area contributed by atoms with Gasteiger partial charge in [0.2, 0.25) is 15.9 Å². The highest BCUT2D eigenvalue weighted by atomic mass is 32.2.